The standard InChI is InChI=1S/C11H22O3/c1-5-6-7(2)10(12)8(3)9(4)11(13)14/h7-10,12H,5-6H2,1-4H3,(H,13,14). The molecule has 0 bridgehead atoms. The van der Waals surface area contributed by atoms with E-state index in [4.69, 9.17) is 5.11 Å². The first-order chi connectivity index (χ1) is 6.41. The molecule has 0 aromatic rings. The molecule has 4 unspecified atom stereocenters. The molecule has 0 saturated heterocycles. The number of carboxylic acids is 1. The fourth-order valence-corrected chi connectivity index (χ4v) is 1.66. The number of hydrogen-bond donors (Lipinski definition) is 2. The van der Waals surface area contributed by atoms with Crippen LogP contribution in [0.15, 0.2) is 0 Å². The van der Waals surface area contributed by atoms with Crippen LogP contribution in [0.4, 0.5) is 0 Å². The molecule has 2 N–H and O–H groups in total. The van der Waals surface area contributed by atoms with Crippen LogP contribution in [0.1, 0.15) is 40.5 Å². The molecular weight excluding hydrogens is 180 g/mol. The Labute approximate surface area is 86.1 Å². The van der Waals surface area contributed by atoms with Crippen molar-refractivity contribution >= 4 is 5.97 Å². The monoisotopic (exact) mass is 202 g/mol. The molecule has 14 heavy (non-hydrogen) atoms. The first kappa shape index (κ1) is 13.4. The van der Waals surface area contributed by atoms with Crippen LogP contribution in [0.2, 0.25) is 0 Å². The van der Waals surface area contributed by atoms with E-state index in [1.807, 2.05) is 6.92 Å². The predicted molar refractivity (Wildman–Crippen MR) is 56.0 cm³/mol. The molecule has 0 saturated carbocycles. The molecule has 0 spiro atoms. The van der Waals surface area contributed by atoms with Gasteiger partial charge in [0.1, 0.15) is 0 Å². The quantitative estimate of drug-likeness (QED) is 0.693. The van der Waals surface area contributed by atoms with Crippen LogP contribution < -0.4 is 0 Å². The second kappa shape index (κ2) is 6.02. The van der Waals surface area contributed by atoms with Gasteiger partial charge >= 0.3 is 5.97 Å². The van der Waals surface area contributed by atoms with Crippen LogP contribution in [0, 0.1) is 17.8 Å². The molecule has 0 aliphatic rings. The van der Waals surface area contributed by atoms with E-state index in [2.05, 4.69) is 6.92 Å². The second-order valence-corrected chi connectivity index (χ2v) is 4.24. The lowest BCUT2D eigenvalue weighted by atomic mass is 9.83. The number of rotatable bonds is 6. The second-order valence-electron chi connectivity index (χ2n) is 4.24. The summed E-state index contributed by atoms with van der Waals surface area (Å²) in [5.41, 5.74) is 0. The Balaban J connectivity index is 4.22. The highest BCUT2D eigenvalue weighted by molar-refractivity contribution is 5.69. The van der Waals surface area contributed by atoms with Crippen molar-refractivity contribution in [2.24, 2.45) is 17.8 Å². The Morgan fingerprint density at radius 2 is 1.79 bits per heavy atom. The molecule has 0 aliphatic heterocycles. The van der Waals surface area contributed by atoms with Crippen LogP contribution in [-0.2, 0) is 4.79 Å². The Morgan fingerprint density at radius 3 is 2.14 bits per heavy atom. The van der Waals surface area contributed by atoms with Crippen LogP contribution in [0.5, 0.6) is 0 Å². The van der Waals surface area contributed by atoms with Crippen LogP contribution in [0.3, 0.4) is 0 Å². The van der Waals surface area contributed by atoms with E-state index >= 15 is 0 Å². The zero-order valence-corrected chi connectivity index (χ0v) is 9.53. The summed E-state index contributed by atoms with van der Waals surface area (Å²) >= 11 is 0. The Hall–Kier alpha value is -0.570. The largest absolute Gasteiger partial charge is 0.481 e. The van der Waals surface area contributed by atoms with Gasteiger partial charge in [0.15, 0.2) is 0 Å². The van der Waals surface area contributed by atoms with Gasteiger partial charge in [0.25, 0.3) is 0 Å². The minimum absolute atomic E-state index is 0.178. The van der Waals surface area contributed by atoms with Gasteiger partial charge in [-0.3, -0.25) is 4.79 Å². The van der Waals surface area contributed by atoms with E-state index in [-0.39, 0.29) is 11.8 Å². The maximum Gasteiger partial charge on any atom is 0.306 e. The van der Waals surface area contributed by atoms with Gasteiger partial charge in [0.05, 0.1) is 12.0 Å². The minimum Gasteiger partial charge on any atom is -0.481 e. The molecule has 3 heteroatoms. The molecule has 0 fully saturated rings. The highest BCUT2D eigenvalue weighted by Crippen LogP contribution is 2.23. The third kappa shape index (κ3) is 3.66. The number of carbonyl (C=O) groups is 1. The fraction of sp³-hybridized carbons (Fsp3) is 0.909. The van der Waals surface area contributed by atoms with Crippen LogP contribution in [0.25, 0.3) is 0 Å². The van der Waals surface area contributed by atoms with Gasteiger partial charge in [-0.2, -0.15) is 0 Å². The predicted octanol–water partition coefficient (Wildman–Crippen LogP) is 2.14. The maximum absolute atomic E-state index is 10.7. The number of aliphatic hydroxyl groups is 1. The van der Waals surface area contributed by atoms with E-state index in [1.165, 1.54) is 0 Å². The first-order valence-corrected chi connectivity index (χ1v) is 5.32. The summed E-state index contributed by atoms with van der Waals surface area (Å²) in [6.45, 7) is 7.48. The average molecular weight is 202 g/mol. The summed E-state index contributed by atoms with van der Waals surface area (Å²) in [6.07, 6.45) is 1.45. The SMILES string of the molecule is CCCC(C)C(O)C(C)C(C)C(=O)O. The van der Waals surface area contributed by atoms with Crippen molar-refractivity contribution in [1.82, 2.24) is 0 Å². The van der Waals surface area contributed by atoms with E-state index < -0.39 is 18.0 Å². The maximum atomic E-state index is 10.7. The third-order valence-corrected chi connectivity index (χ3v) is 3.04. The van der Waals surface area contributed by atoms with Crippen molar-refractivity contribution in [2.45, 2.75) is 46.6 Å². The lowest BCUT2D eigenvalue weighted by Gasteiger charge is -2.27. The van der Waals surface area contributed by atoms with E-state index in [9.17, 15) is 9.90 Å². The van der Waals surface area contributed by atoms with Gasteiger partial charge in [-0.15, -0.1) is 0 Å². The normalized spacial score (nSPS) is 19.8. The third-order valence-electron chi connectivity index (χ3n) is 3.04. The van der Waals surface area contributed by atoms with Crippen molar-refractivity contribution in [1.29, 1.82) is 0 Å². The Bertz CT molecular complexity index is 179. The van der Waals surface area contributed by atoms with Crippen LogP contribution >= 0.6 is 0 Å². The Morgan fingerprint density at radius 1 is 1.29 bits per heavy atom. The molecule has 0 aromatic heterocycles. The van der Waals surface area contributed by atoms with Gasteiger partial charge < -0.3 is 10.2 Å². The summed E-state index contributed by atoms with van der Waals surface area (Å²) in [5, 5.41) is 18.7. The molecule has 0 aliphatic carbocycles. The summed E-state index contributed by atoms with van der Waals surface area (Å²) in [4.78, 5) is 10.7. The van der Waals surface area contributed by atoms with Gasteiger partial charge in [0, 0.05) is 0 Å². The molecule has 84 valence electrons. The molecule has 3 nitrogen and oxygen atoms in total. The average Bonchev–Trinajstić information content (AvgIpc) is 2.14. The van der Waals surface area contributed by atoms with Crippen molar-refractivity contribution < 1.29 is 15.0 Å². The minimum atomic E-state index is -0.833. The van der Waals surface area contributed by atoms with Crippen molar-refractivity contribution in [2.75, 3.05) is 0 Å². The van der Waals surface area contributed by atoms with Crippen molar-refractivity contribution in [3.63, 3.8) is 0 Å². The zero-order chi connectivity index (χ0) is 11.3. The molecule has 0 radical (unpaired) electrons. The fourth-order valence-electron chi connectivity index (χ4n) is 1.66. The smallest absolute Gasteiger partial charge is 0.306 e. The summed E-state index contributed by atoms with van der Waals surface area (Å²) in [6, 6.07) is 0. The molecule has 0 aromatic carbocycles. The molecule has 0 amide bonds. The number of aliphatic hydroxyl groups excluding tert-OH is 1. The van der Waals surface area contributed by atoms with E-state index in [1.54, 1.807) is 13.8 Å². The number of aliphatic carboxylic acids is 1. The molecular formula is C11H22O3. The zero-order valence-electron chi connectivity index (χ0n) is 9.53. The summed E-state index contributed by atoms with van der Waals surface area (Å²) < 4.78 is 0. The van der Waals surface area contributed by atoms with Crippen molar-refractivity contribution in [3.8, 4) is 0 Å². The Kier molecular flexibility index (Phi) is 5.77. The van der Waals surface area contributed by atoms with Crippen molar-refractivity contribution in [3.05, 3.63) is 0 Å². The molecule has 0 rings (SSSR count). The van der Waals surface area contributed by atoms with E-state index in [0.29, 0.717) is 0 Å². The van der Waals surface area contributed by atoms with Gasteiger partial charge in [-0.25, -0.2) is 0 Å². The summed E-state index contributed by atoms with van der Waals surface area (Å²) in [5.74, 6) is -1.32. The number of hydrogen-bond acceptors (Lipinski definition) is 2. The number of carboxylic acid groups (broad SMARTS) is 1. The van der Waals surface area contributed by atoms with Gasteiger partial charge in [-0.1, -0.05) is 34.1 Å². The molecule has 0 heterocycles. The van der Waals surface area contributed by atoms with Gasteiger partial charge in [0.2, 0.25) is 0 Å². The first-order valence-electron chi connectivity index (χ1n) is 5.32. The van der Waals surface area contributed by atoms with Crippen LogP contribution in [-0.4, -0.2) is 22.3 Å². The highest BCUT2D eigenvalue weighted by Gasteiger charge is 2.28. The van der Waals surface area contributed by atoms with E-state index in [0.717, 1.165) is 12.8 Å². The summed E-state index contributed by atoms with van der Waals surface area (Å²) in [7, 11) is 0. The lowest BCUT2D eigenvalue weighted by Crippen LogP contribution is -2.33. The molecule has 4 atom stereocenters. The van der Waals surface area contributed by atoms with Gasteiger partial charge in [-0.05, 0) is 18.3 Å². The topological polar surface area (TPSA) is 57.5 Å². The highest BCUT2D eigenvalue weighted by atomic mass is 16.4. The lowest BCUT2D eigenvalue weighted by molar-refractivity contribution is -0.144.